The van der Waals surface area contributed by atoms with Gasteiger partial charge >= 0.3 is 0 Å². The zero-order valence-corrected chi connectivity index (χ0v) is 11.5. The van der Waals surface area contributed by atoms with Crippen molar-refractivity contribution in [3.05, 3.63) is 18.0 Å². The third-order valence-corrected chi connectivity index (χ3v) is 2.98. The molecular formula is C13H26N4. The molecule has 0 aliphatic rings. The van der Waals surface area contributed by atoms with Crippen molar-refractivity contribution in [2.45, 2.75) is 59.0 Å². The quantitative estimate of drug-likeness (QED) is 0.566. The Labute approximate surface area is 105 Å². The molecule has 0 saturated heterocycles. The van der Waals surface area contributed by atoms with Gasteiger partial charge in [0.05, 0.1) is 5.69 Å². The minimum Gasteiger partial charge on any atom is -0.271 e. The van der Waals surface area contributed by atoms with E-state index in [1.165, 1.54) is 6.42 Å². The molecule has 0 fully saturated rings. The van der Waals surface area contributed by atoms with Crippen molar-refractivity contribution in [1.82, 2.24) is 15.2 Å². The van der Waals surface area contributed by atoms with Crippen molar-refractivity contribution in [1.29, 1.82) is 0 Å². The van der Waals surface area contributed by atoms with Gasteiger partial charge < -0.3 is 0 Å². The fraction of sp³-hybridized carbons (Fsp3) is 0.769. The summed E-state index contributed by atoms with van der Waals surface area (Å²) in [6.07, 6.45) is 5.24. The average molecular weight is 238 g/mol. The second-order valence-electron chi connectivity index (χ2n) is 5.42. The molecule has 0 aromatic carbocycles. The molecule has 1 aromatic heterocycles. The van der Waals surface area contributed by atoms with E-state index in [0.29, 0.717) is 12.1 Å². The standard InChI is InChI=1S/C13H26N4/c1-10(2)5-6-12(15-14)9-13-7-8-17(16-13)11(3)4/h7-8,10-12,15H,5-6,9,14H2,1-4H3. The lowest BCUT2D eigenvalue weighted by molar-refractivity contribution is 0.428. The SMILES string of the molecule is CC(C)CCC(Cc1ccn(C(C)C)n1)NN. The summed E-state index contributed by atoms with van der Waals surface area (Å²) in [6.45, 7) is 8.74. The van der Waals surface area contributed by atoms with Crippen molar-refractivity contribution in [2.24, 2.45) is 11.8 Å². The molecule has 0 saturated carbocycles. The zero-order chi connectivity index (χ0) is 12.8. The van der Waals surface area contributed by atoms with Gasteiger partial charge in [0, 0.05) is 24.7 Å². The topological polar surface area (TPSA) is 55.9 Å². The molecule has 98 valence electrons. The molecule has 4 heteroatoms. The highest BCUT2D eigenvalue weighted by molar-refractivity contribution is 5.02. The Morgan fingerprint density at radius 1 is 1.29 bits per heavy atom. The maximum absolute atomic E-state index is 5.59. The predicted molar refractivity (Wildman–Crippen MR) is 71.5 cm³/mol. The molecule has 0 spiro atoms. The fourth-order valence-corrected chi connectivity index (χ4v) is 1.81. The first kappa shape index (κ1) is 14.2. The van der Waals surface area contributed by atoms with E-state index < -0.39 is 0 Å². The summed E-state index contributed by atoms with van der Waals surface area (Å²) in [5.74, 6) is 6.31. The number of hydrazine groups is 1. The lowest BCUT2D eigenvalue weighted by Crippen LogP contribution is -2.37. The third-order valence-electron chi connectivity index (χ3n) is 2.98. The van der Waals surface area contributed by atoms with Crippen molar-refractivity contribution in [3.8, 4) is 0 Å². The number of hydrogen-bond acceptors (Lipinski definition) is 3. The first-order chi connectivity index (χ1) is 8.02. The molecule has 1 rings (SSSR count). The van der Waals surface area contributed by atoms with Crippen LogP contribution in [0.5, 0.6) is 0 Å². The predicted octanol–water partition coefficient (Wildman–Crippen LogP) is 2.27. The minimum absolute atomic E-state index is 0.327. The van der Waals surface area contributed by atoms with Crippen LogP contribution in [0, 0.1) is 5.92 Å². The Kier molecular flexibility index (Phi) is 5.65. The molecule has 1 aromatic rings. The minimum atomic E-state index is 0.327. The normalized spacial score (nSPS) is 13.6. The van der Waals surface area contributed by atoms with E-state index in [4.69, 9.17) is 5.84 Å². The highest BCUT2D eigenvalue weighted by Gasteiger charge is 2.11. The van der Waals surface area contributed by atoms with Crippen LogP contribution in [0.3, 0.4) is 0 Å². The largest absolute Gasteiger partial charge is 0.271 e. The van der Waals surface area contributed by atoms with E-state index in [1.54, 1.807) is 0 Å². The van der Waals surface area contributed by atoms with Crippen LogP contribution in [0.15, 0.2) is 12.3 Å². The Hall–Kier alpha value is -0.870. The smallest absolute Gasteiger partial charge is 0.0640 e. The highest BCUT2D eigenvalue weighted by atomic mass is 15.3. The lowest BCUT2D eigenvalue weighted by atomic mass is 10.0. The molecule has 0 radical (unpaired) electrons. The number of rotatable bonds is 7. The molecule has 1 heterocycles. The molecule has 0 bridgehead atoms. The second kappa shape index (κ2) is 6.77. The van der Waals surface area contributed by atoms with Gasteiger partial charge in [-0.15, -0.1) is 0 Å². The van der Waals surface area contributed by atoms with Crippen LogP contribution in [-0.2, 0) is 6.42 Å². The van der Waals surface area contributed by atoms with Gasteiger partial charge in [0.2, 0.25) is 0 Å². The van der Waals surface area contributed by atoms with Crippen LogP contribution >= 0.6 is 0 Å². The molecule has 3 N–H and O–H groups in total. The van der Waals surface area contributed by atoms with Gasteiger partial charge in [0.25, 0.3) is 0 Å². The summed E-state index contributed by atoms with van der Waals surface area (Å²) in [5.41, 5.74) is 4.01. The maximum Gasteiger partial charge on any atom is 0.0640 e. The van der Waals surface area contributed by atoms with Crippen LogP contribution in [-0.4, -0.2) is 15.8 Å². The van der Waals surface area contributed by atoms with Crippen LogP contribution < -0.4 is 11.3 Å². The summed E-state index contributed by atoms with van der Waals surface area (Å²) in [6, 6.07) is 2.83. The first-order valence-corrected chi connectivity index (χ1v) is 6.53. The number of hydrogen-bond donors (Lipinski definition) is 2. The number of nitrogens with two attached hydrogens (primary N) is 1. The van der Waals surface area contributed by atoms with Crippen molar-refractivity contribution >= 4 is 0 Å². The average Bonchev–Trinajstić information content (AvgIpc) is 2.72. The monoisotopic (exact) mass is 238 g/mol. The van der Waals surface area contributed by atoms with Crippen LogP contribution in [0.2, 0.25) is 0 Å². The third kappa shape index (κ3) is 4.88. The van der Waals surface area contributed by atoms with Gasteiger partial charge in [0.1, 0.15) is 0 Å². The zero-order valence-electron chi connectivity index (χ0n) is 11.5. The van der Waals surface area contributed by atoms with Crippen LogP contribution in [0.25, 0.3) is 0 Å². The Morgan fingerprint density at radius 3 is 2.47 bits per heavy atom. The van der Waals surface area contributed by atoms with E-state index in [0.717, 1.165) is 24.5 Å². The second-order valence-corrected chi connectivity index (χ2v) is 5.42. The molecule has 4 nitrogen and oxygen atoms in total. The Bertz CT molecular complexity index is 317. The summed E-state index contributed by atoms with van der Waals surface area (Å²) >= 11 is 0. The summed E-state index contributed by atoms with van der Waals surface area (Å²) < 4.78 is 1.99. The van der Waals surface area contributed by atoms with Crippen molar-refractivity contribution in [2.75, 3.05) is 0 Å². The number of nitrogens with zero attached hydrogens (tertiary/aromatic N) is 2. The molecule has 0 amide bonds. The number of nitrogens with one attached hydrogen (secondary N) is 1. The van der Waals surface area contributed by atoms with Crippen LogP contribution in [0.1, 0.15) is 52.3 Å². The molecular weight excluding hydrogens is 212 g/mol. The molecule has 0 aliphatic heterocycles. The lowest BCUT2D eigenvalue weighted by Gasteiger charge is -2.15. The molecule has 17 heavy (non-hydrogen) atoms. The first-order valence-electron chi connectivity index (χ1n) is 6.53. The molecule has 1 atom stereocenters. The van der Waals surface area contributed by atoms with Gasteiger partial charge in [-0.1, -0.05) is 13.8 Å². The number of aromatic nitrogens is 2. The van der Waals surface area contributed by atoms with Gasteiger partial charge in [-0.2, -0.15) is 5.10 Å². The van der Waals surface area contributed by atoms with E-state index >= 15 is 0 Å². The summed E-state index contributed by atoms with van der Waals surface area (Å²) in [4.78, 5) is 0. The molecule has 1 unspecified atom stereocenters. The van der Waals surface area contributed by atoms with E-state index in [9.17, 15) is 0 Å². The highest BCUT2D eigenvalue weighted by Crippen LogP contribution is 2.11. The maximum atomic E-state index is 5.59. The van der Waals surface area contributed by atoms with Crippen LogP contribution in [0.4, 0.5) is 0 Å². The fourth-order valence-electron chi connectivity index (χ4n) is 1.81. The van der Waals surface area contributed by atoms with Gasteiger partial charge in [-0.25, -0.2) is 0 Å². The van der Waals surface area contributed by atoms with Gasteiger partial charge in [-0.05, 0) is 38.7 Å². The Balaban J connectivity index is 2.49. The van der Waals surface area contributed by atoms with E-state index in [2.05, 4.69) is 44.3 Å². The van der Waals surface area contributed by atoms with Crippen molar-refractivity contribution < 1.29 is 0 Å². The Morgan fingerprint density at radius 2 is 2.00 bits per heavy atom. The summed E-state index contributed by atoms with van der Waals surface area (Å²) in [5, 5.41) is 4.55. The van der Waals surface area contributed by atoms with E-state index in [1.807, 2.05) is 10.9 Å². The van der Waals surface area contributed by atoms with Gasteiger partial charge in [0.15, 0.2) is 0 Å². The summed E-state index contributed by atoms with van der Waals surface area (Å²) in [7, 11) is 0. The van der Waals surface area contributed by atoms with E-state index in [-0.39, 0.29) is 0 Å². The van der Waals surface area contributed by atoms with Crippen molar-refractivity contribution in [3.63, 3.8) is 0 Å². The molecule has 0 aliphatic carbocycles. The van der Waals surface area contributed by atoms with Gasteiger partial charge in [-0.3, -0.25) is 16.0 Å².